The van der Waals surface area contributed by atoms with E-state index in [4.69, 9.17) is 10.00 Å². The molecule has 21 heavy (non-hydrogen) atoms. The lowest BCUT2D eigenvalue weighted by Gasteiger charge is -2.09. The van der Waals surface area contributed by atoms with Gasteiger partial charge in [0.25, 0.3) is 10.0 Å². The molecule has 1 aliphatic rings. The summed E-state index contributed by atoms with van der Waals surface area (Å²) in [6.45, 7) is 0.626. The van der Waals surface area contributed by atoms with Crippen LogP contribution in [0.15, 0.2) is 47.4 Å². The Balaban J connectivity index is 1.87. The van der Waals surface area contributed by atoms with Crippen molar-refractivity contribution in [3.05, 3.63) is 53.6 Å². The molecule has 0 spiro atoms. The highest BCUT2D eigenvalue weighted by Gasteiger charge is 2.17. The number of anilines is 1. The van der Waals surface area contributed by atoms with Crippen LogP contribution in [0.25, 0.3) is 0 Å². The number of nitrogens with zero attached hydrogens (tertiary/aromatic N) is 1. The van der Waals surface area contributed by atoms with Crippen LogP contribution in [0.4, 0.5) is 5.69 Å². The van der Waals surface area contributed by atoms with Crippen molar-refractivity contribution in [1.29, 1.82) is 5.26 Å². The second-order valence-corrected chi connectivity index (χ2v) is 6.35. The van der Waals surface area contributed by atoms with Crippen molar-refractivity contribution in [3.63, 3.8) is 0 Å². The monoisotopic (exact) mass is 300 g/mol. The molecule has 0 fully saturated rings. The average molecular weight is 300 g/mol. The van der Waals surface area contributed by atoms with E-state index in [0.29, 0.717) is 17.9 Å². The van der Waals surface area contributed by atoms with Crippen molar-refractivity contribution < 1.29 is 13.2 Å². The first-order valence-corrected chi connectivity index (χ1v) is 7.85. The molecule has 0 radical (unpaired) electrons. The Hall–Kier alpha value is -2.52. The summed E-state index contributed by atoms with van der Waals surface area (Å²) in [6.07, 6.45) is 0.780. The van der Waals surface area contributed by atoms with Crippen molar-refractivity contribution in [1.82, 2.24) is 0 Å². The number of nitriles is 1. The molecule has 0 bridgehead atoms. The van der Waals surface area contributed by atoms with Gasteiger partial charge in [-0.25, -0.2) is 8.42 Å². The molecule has 0 amide bonds. The predicted octanol–water partition coefficient (Wildman–Crippen LogP) is 2.29. The van der Waals surface area contributed by atoms with Crippen LogP contribution >= 0.6 is 0 Å². The maximum Gasteiger partial charge on any atom is 0.261 e. The van der Waals surface area contributed by atoms with E-state index < -0.39 is 10.0 Å². The fourth-order valence-electron chi connectivity index (χ4n) is 2.17. The van der Waals surface area contributed by atoms with E-state index in [-0.39, 0.29) is 4.90 Å². The molecular formula is C15H12N2O3S. The van der Waals surface area contributed by atoms with Gasteiger partial charge in [-0.2, -0.15) is 5.26 Å². The van der Waals surface area contributed by atoms with Gasteiger partial charge in [-0.3, -0.25) is 4.72 Å². The first kappa shape index (κ1) is 13.5. The zero-order chi connectivity index (χ0) is 14.9. The molecule has 1 aliphatic heterocycles. The van der Waals surface area contributed by atoms with Gasteiger partial charge in [0, 0.05) is 12.1 Å². The lowest BCUT2D eigenvalue weighted by Crippen LogP contribution is -2.12. The molecule has 0 atom stereocenters. The third-order valence-corrected chi connectivity index (χ3v) is 4.63. The molecule has 0 saturated carbocycles. The number of sulfonamides is 1. The normalized spacial score (nSPS) is 13.1. The van der Waals surface area contributed by atoms with Crippen molar-refractivity contribution in [2.45, 2.75) is 11.3 Å². The molecule has 0 unspecified atom stereocenters. The maximum absolute atomic E-state index is 12.3. The molecule has 106 valence electrons. The molecule has 0 aromatic heterocycles. The van der Waals surface area contributed by atoms with E-state index in [1.807, 2.05) is 6.07 Å². The van der Waals surface area contributed by atoms with E-state index in [1.54, 1.807) is 18.2 Å². The smallest absolute Gasteiger partial charge is 0.261 e. The molecule has 1 heterocycles. The van der Waals surface area contributed by atoms with Gasteiger partial charge in [0.2, 0.25) is 0 Å². The summed E-state index contributed by atoms with van der Waals surface area (Å²) >= 11 is 0. The van der Waals surface area contributed by atoms with Crippen LogP contribution in [-0.4, -0.2) is 15.0 Å². The summed E-state index contributed by atoms with van der Waals surface area (Å²) in [5.74, 6) is 0.802. The highest BCUT2D eigenvalue weighted by molar-refractivity contribution is 7.92. The van der Waals surface area contributed by atoms with Crippen LogP contribution in [0.1, 0.15) is 11.1 Å². The number of rotatable bonds is 3. The molecule has 3 rings (SSSR count). The van der Waals surface area contributed by atoms with Gasteiger partial charge < -0.3 is 4.74 Å². The van der Waals surface area contributed by atoms with E-state index >= 15 is 0 Å². The largest absolute Gasteiger partial charge is 0.493 e. The first-order valence-electron chi connectivity index (χ1n) is 6.37. The van der Waals surface area contributed by atoms with Crippen LogP contribution in [0.2, 0.25) is 0 Å². The third kappa shape index (κ3) is 2.69. The Labute approximate surface area is 122 Å². The zero-order valence-corrected chi connectivity index (χ0v) is 11.9. The van der Waals surface area contributed by atoms with Crippen molar-refractivity contribution >= 4 is 15.7 Å². The lowest BCUT2D eigenvalue weighted by molar-refractivity contribution is 0.357. The number of benzene rings is 2. The topological polar surface area (TPSA) is 79.2 Å². The van der Waals surface area contributed by atoms with Crippen LogP contribution < -0.4 is 9.46 Å². The molecular weight excluding hydrogens is 288 g/mol. The summed E-state index contributed by atoms with van der Waals surface area (Å²) < 4.78 is 32.5. The van der Waals surface area contributed by atoms with E-state index in [1.165, 1.54) is 24.3 Å². The van der Waals surface area contributed by atoms with Gasteiger partial charge >= 0.3 is 0 Å². The highest BCUT2D eigenvalue weighted by Crippen LogP contribution is 2.28. The van der Waals surface area contributed by atoms with Crippen molar-refractivity contribution in [2.24, 2.45) is 0 Å². The van der Waals surface area contributed by atoms with E-state index in [2.05, 4.69) is 4.72 Å². The molecule has 5 nitrogen and oxygen atoms in total. The highest BCUT2D eigenvalue weighted by atomic mass is 32.2. The summed E-state index contributed by atoms with van der Waals surface area (Å²) in [5, 5.41) is 8.73. The minimum absolute atomic E-state index is 0.123. The fraction of sp³-hybridized carbons (Fsp3) is 0.133. The number of hydrogen-bond donors (Lipinski definition) is 1. The summed E-state index contributed by atoms with van der Waals surface area (Å²) in [6, 6.07) is 13.0. The number of hydrogen-bond acceptors (Lipinski definition) is 4. The Morgan fingerprint density at radius 2 is 1.90 bits per heavy atom. The number of nitrogens with one attached hydrogen (secondary N) is 1. The van der Waals surface area contributed by atoms with Crippen LogP contribution in [0.5, 0.6) is 5.75 Å². The Bertz CT molecular complexity index is 821. The van der Waals surface area contributed by atoms with Gasteiger partial charge in [-0.1, -0.05) is 0 Å². The van der Waals surface area contributed by atoms with Gasteiger partial charge in [-0.15, -0.1) is 0 Å². The third-order valence-electron chi connectivity index (χ3n) is 3.24. The molecule has 2 aromatic rings. The lowest BCUT2D eigenvalue weighted by atomic mass is 10.1. The Kier molecular flexibility index (Phi) is 3.28. The summed E-state index contributed by atoms with van der Waals surface area (Å²) in [7, 11) is -3.66. The van der Waals surface area contributed by atoms with Crippen molar-refractivity contribution in [2.75, 3.05) is 11.3 Å². The minimum atomic E-state index is -3.66. The van der Waals surface area contributed by atoms with Crippen LogP contribution in [0, 0.1) is 11.3 Å². The average Bonchev–Trinajstić information content (AvgIpc) is 2.94. The minimum Gasteiger partial charge on any atom is -0.493 e. The van der Waals surface area contributed by atoms with Gasteiger partial charge in [0.15, 0.2) is 0 Å². The maximum atomic E-state index is 12.3. The second-order valence-electron chi connectivity index (χ2n) is 4.66. The Morgan fingerprint density at radius 1 is 1.14 bits per heavy atom. The van der Waals surface area contributed by atoms with Gasteiger partial charge in [0.1, 0.15) is 5.75 Å². The molecule has 2 aromatic carbocycles. The van der Waals surface area contributed by atoms with Crippen LogP contribution in [0.3, 0.4) is 0 Å². The standard InChI is InChI=1S/C15H12N2O3S/c16-10-11-1-4-14(5-2-11)21(18,19)17-13-3-6-15-12(9-13)7-8-20-15/h1-6,9,17H,7-8H2. The number of fused-ring (bicyclic) bond motifs is 1. The zero-order valence-electron chi connectivity index (χ0n) is 11.0. The van der Waals surface area contributed by atoms with E-state index in [0.717, 1.165) is 17.7 Å². The molecule has 1 N–H and O–H groups in total. The number of ether oxygens (including phenoxy) is 1. The fourth-order valence-corrected chi connectivity index (χ4v) is 3.22. The summed E-state index contributed by atoms with van der Waals surface area (Å²) in [4.78, 5) is 0.123. The molecule has 0 saturated heterocycles. The van der Waals surface area contributed by atoms with Gasteiger partial charge in [-0.05, 0) is 48.0 Å². The molecule has 0 aliphatic carbocycles. The Morgan fingerprint density at radius 3 is 2.62 bits per heavy atom. The first-order chi connectivity index (χ1) is 10.1. The SMILES string of the molecule is N#Cc1ccc(S(=O)(=O)Nc2ccc3c(c2)CCO3)cc1. The second kappa shape index (κ2) is 5.11. The van der Waals surface area contributed by atoms with Crippen LogP contribution in [-0.2, 0) is 16.4 Å². The van der Waals surface area contributed by atoms with Gasteiger partial charge in [0.05, 0.1) is 23.1 Å². The van der Waals surface area contributed by atoms with E-state index in [9.17, 15) is 8.42 Å². The van der Waals surface area contributed by atoms with Crippen molar-refractivity contribution in [3.8, 4) is 11.8 Å². The molecule has 6 heteroatoms. The summed E-state index contributed by atoms with van der Waals surface area (Å²) in [5.41, 5.74) is 1.92. The quantitative estimate of drug-likeness (QED) is 0.943. The predicted molar refractivity (Wildman–Crippen MR) is 77.6 cm³/mol.